The molecule has 0 bridgehead atoms. The number of hydrogen-bond acceptors (Lipinski definition) is 6. The smallest absolute Gasteiger partial charge is 0.271 e. The van der Waals surface area contributed by atoms with Gasteiger partial charge in [0.15, 0.2) is 0 Å². The largest absolute Gasteiger partial charge is 0.372 e. The number of ether oxygens (including phenoxy) is 1. The third kappa shape index (κ3) is 3.79. The van der Waals surface area contributed by atoms with E-state index in [1.165, 1.54) is 22.8 Å². The van der Waals surface area contributed by atoms with E-state index in [1.807, 2.05) is 11.3 Å². The molecule has 0 saturated carbocycles. The highest BCUT2D eigenvalue weighted by Gasteiger charge is 2.46. The number of carbonyl (C=O) groups excluding carboxylic acids is 1. The van der Waals surface area contributed by atoms with Gasteiger partial charge in [0, 0.05) is 43.4 Å². The molecule has 7 heteroatoms. The Morgan fingerprint density at radius 2 is 2.35 bits per heavy atom. The Morgan fingerprint density at radius 1 is 1.46 bits per heavy atom. The van der Waals surface area contributed by atoms with Gasteiger partial charge in [-0.1, -0.05) is 0 Å². The number of likely N-dealkylation sites (tertiary alicyclic amines) is 1. The molecule has 4 rings (SSSR count). The predicted octanol–water partition coefficient (Wildman–Crippen LogP) is 2.26. The molecule has 0 radical (unpaired) electrons. The third-order valence-electron chi connectivity index (χ3n) is 5.34. The Hall–Kier alpha value is -1.83. The van der Waals surface area contributed by atoms with E-state index in [9.17, 15) is 4.79 Å². The number of nitrogens with zero attached hydrogens (tertiary/aromatic N) is 3. The average Bonchev–Trinajstić information content (AvgIpc) is 3.05. The molecule has 1 N–H and O–H groups in total. The molecule has 6 nitrogen and oxygen atoms in total. The molecule has 2 aromatic heterocycles. The molecule has 4 heterocycles. The fourth-order valence-corrected chi connectivity index (χ4v) is 4.67. The zero-order chi connectivity index (χ0) is 18.0. The monoisotopic (exact) mass is 372 g/mol. The number of aromatic nitrogens is 2. The molecule has 2 fully saturated rings. The number of aryl methyl sites for hydroxylation is 1. The molecule has 2 aliphatic heterocycles. The van der Waals surface area contributed by atoms with E-state index in [4.69, 9.17) is 4.74 Å². The van der Waals surface area contributed by atoms with Gasteiger partial charge in [-0.25, -0.2) is 4.98 Å². The molecule has 2 aliphatic rings. The van der Waals surface area contributed by atoms with E-state index >= 15 is 0 Å². The van der Waals surface area contributed by atoms with Crippen molar-refractivity contribution < 1.29 is 9.53 Å². The van der Waals surface area contributed by atoms with Crippen LogP contribution in [0.5, 0.6) is 0 Å². The highest BCUT2D eigenvalue weighted by molar-refractivity contribution is 7.10. The van der Waals surface area contributed by atoms with Crippen molar-refractivity contribution in [1.29, 1.82) is 0 Å². The van der Waals surface area contributed by atoms with Crippen LogP contribution in [0.3, 0.4) is 0 Å². The number of hydrogen-bond donors (Lipinski definition) is 1. The van der Waals surface area contributed by atoms with Crippen molar-refractivity contribution in [2.24, 2.45) is 5.92 Å². The first-order chi connectivity index (χ1) is 12.6. The third-order valence-corrected chi connectivity index (χ3v) is 6.35. The fourth-order valence-electron chi connectivity index (χ4n) is 3.72. The van der Waals surface area contributed by atoms with Crippen LogP contribution in [0, 0.1) is 12.8 Å². The maximum Gasteiger partial charge on any atom is 0.271 e. The van der Waals surface area contributed by atoms with E-state index in [0.29, 0.717) is 24.8 Å². The zero-order valence-electron chi connectivity index (χ0n) is 15.0. The molecule has 26 heavy (non-hydrogen) atoms. The Morgan fingerprint density at radius 3 is 3.00 bits per heavy atom. The van der Waals surface area contributed by atoms with Crippen LogP contribution >= 0.6 is 11.3 Å². The summed E-state index contributed by atoms with van der Waals surface area (Å²) in [5.41, 5.74) is 1.79. The summed E-state index contributed by atoms with van der Waals surface area (Å²) in [7, 11) is 0. The van der Waals surface area contributed by atoms with E-state index in [1.54, 1.807) is 6.20 Å². The zero-order valence-corrected chi connectivity index (χ0v) is 15.8. The molecule has 1 amide bonds. The van der Waals surface area contributed by atoms with Gasteiger partial charge >= 0.3 is 0 Å². The van der Waals surface area contributed by atoms with Gasteiger partial charge in [0.1, 0.15) is 5.69 Å². The number of amides is 1. The minimum Gasteiger partial charge on any atom is -0.372 e. The van der Waals surface area contributed by atoms with Crippen molar-refractivity contribution in [3.8, 4) is 0 Å². The van der Waals surface area contributed by atoms with Crippen LogP contribution < -0.4 is 5.32 Å². The van der Waals surface area contributed by atoms with Crippen molar-refractivity contribution in [2.45, 2.75) is 31.9 Å². The molecule has 0 aromatic carbocycles. The molecule has 1 spiro atoms. The summed E-state index contributed by atoms with van der Waals surface area (Å²) in [4.78, 5) is 23.9. The van der Waals surface area contributed by atoms with Gasteiger partial charge in [-0.3, -0.25) is 14.7 Å². The van der Waals surface area contributed by atoms with Crippen molar-refractivity contribution >= 4 is 17.2 Å². The van der Waals surface area contributed by atoms with E-state index in [2.05, 4.69) is 38.6 Å². The first-order valence-corrected chi connectivity index (χ1v) is 9.95. The predicted molar refractivity (Wildman–Crippen MR) is 100 cm³/mol. The van der Waals surface area contributed by atoms with E-state index < -0.39 is 0 Å². The van der Waals surface area contributed by atoms with Gasteiger partial charge in [0.25, 0.3) is 5.91 Å². The Labute approximate surface area is 157 Å². The van der Waals surface area contributed by atoms with Gasteiger partial charge in [0.05, 0.1) is 18.4 Å². The number of thiophene rings is 1. The fraction of sp³-hybridized carbons (Fsp3) is 0.526. The lowest BCUT2D eigenvalue weighted by atomic mass is 9.83. The second kappa shape index (κ2) is 7.42. The minimum absolute atomic E-state index is 0.0383. The Bertz CT molecular complexity index is 748. The van der Waals surface area contributed by atoms with Crippen LogP contribution in [-0.2, 0) is 11.3 Å². The minimum atomic E-state index is -0.167. The summed E-state index contributed by atoms with van der Waals surface area (Å²) < 4.78 is 6.21. The summed E-state index contributed by atoms with van der Waals surface area (Å²) in [6.07, 6.45) is 6.74. The maximum atomic E-state index is 12.0. The number of nitrogens with one attached hydrogen (secondary N) is 1. The molecule has 0 aliphatic carbocycles. The normalized spacial score (nSPS) is 22.1. The standard InChI is InChI=1S/C19H24N4O2S/c1-14-3-7-26-17(14)10-23-12-19(13-23)4-2-15(11-25-19)8-22-18(24)16-9-20-5-6-21-16/h3,5-7,9,15H,2,4,8,10-13H2,1H3,(H,22,24)/t15-/m0/s1. The van der Waals surface area contributed by atoms with Gasteiger partial charge < -0.3 is 10.1 Å². The molecule has 2 saturated heterocycles. The summed E-state index contributed by atoms with van der Waals surface area (Å²) in [5.74, 6) is 0.203. The lowest BCUT2D eigenvalue weighted by Gasteiger charge is -2.53. The van der Waals surface area contributed by atoms with Crippen molar-refractivity contribution in [3.05, 3.63) is 46.2 Å². The summed E-state index contributed by atoms with van der Waals surface area (Å²) >= 11 is 1.84. The quantitative estimate of drug-likeness (QED) is 0.872. The number of rotatable bonds is 5. The van der Waals surface area contributed by atoms with Gasteiger partial charge in [-0.2, -0.15) is 0 Å². The second-order valence-corrected chi connectivity index (χ2v) is 8.37. The highest BCUT2D eigenvalue weighted by atomic mass is 32.1. The van der Waals surface area contributed by atoms with Crippen molar-refractivity contribution in [1.82, 2.24) is 20.2 Å². The highest BCUT2D eigenvalue weighted by Crippen LogP contribution is 2.37. The average molecular weight is 372 g/mol. The topological polar surface area (TPSA) is 67.4 Å². The molecule has 1 atom stereocenters. The van der Waals surface area contributed by atoms with Crippen molar-refractivity contribution in [2.75, 3.05) is 26.2 Å². The van der Waals surface area contributed by atoms with Gasteiger partial charge in [-0.05, 0) is 42.7 Å². The molecule has 2 aromatic rings. The Balaban J connectivity index is 1.19. The molecule has 0 unspecified atom stereocenters. The van der Waals surface area contributed by atoms with E-state index in [-0.39, 0.29) is 11.5 Å². The Kier molecular flexibility index (Phi) is 5.02. The summed E-state index contributed by atoms with van der Waals surface area (Å²) in [5, 5.41) is 5.11. The second-order valence-electron chi connectivity index (χ2n) is 7.37. The van der Waals surface area contributed by atoms with Crippen LogP contribution in [0.2, 0.25) is 0 Å². The van der Waals surface area contributed by atoms with Crippen LogP contribution in [-0.4, -0.2) is 52.6 Å². The molecule has 138 valence electrons. The maximum absolute atomic E-state index is 12.0. The first kappa shape index (κ1) is 17.6. The summed E-state index contributed by atoms with van der Waals surface area (Å²) in [6, 6.07) is 2.19. The lowest BCUT2D eigenvalue weighted by Crippen LogP contribution is -2.64. The molecular weight excluding hydrogens is 348 g/mol. The van der Waals surface area contributed by atoms with Crippen LogP contribution in [0.4, 0.5) is 0 Å². The van der Waals surface area contributed by atoms with Crippen LogP contribution in [0.1, 0.15) is 33.8 Å². The molecular formula is C19H24N4O2S. The van der Waals surface area contributed by atoms with Gasteiger partial charge in [0.2, 0.25) is 0 Å². The van der Waals surface area contributed by atoms with Crippen molar-refractivity contribution in [3.63, 3.8) is 0 Å². The van der Waals surface area contributed by atoms with Crippen LogP contribution in [0.25, 0.3) is 0 Å². The first-order valence-electron chi connectivity index (χ1n) is 9.07. The SMILES string of the molecule is Cc1ccsc1CN1CC2(CC[C@@H](CNC(=O)c3cnccn3)CO2)C1. The number of carbonyl (C=O) groups is 1. The summed E-state index contributed by atoms with van der Waals surface area (Å²) in [6.45, 7) is 6.59. The van der Waals surface area contributed by atoms with E-state index in [0.717, 1.165) is 32.5 Å². The van der Waals surface area contributed by atoms with Gasteiger partial charge in [-0.15, -0.1) is 11.3 Å². The lowest BCUT2D eigenvalue weighted by molar-refractivity contribution is -0.181. The van der Waals surface area contributed by atoms with Crippen LogP contribution in [0.15, 0.2) is 30.0 Å².